The van der Waals surface area contributed by atoms with Crippen molar-refractivity contribution in [3.05, 3.63) is 72.1 Å². The number of anilines is 1. The topological polar surface area (TPSA) is 56.2 Å². The van der Waals surface area contributed by atoms with Gasteiger partial charge in [0.1, 0.15) is 5.75 Å². The maximum Gasteiger partial charge on any atom is 0.266 e. The molecule has 0 unspecified atom stereocenters. The third-order valence-electron chi connectivity index (χ3n) is 4.62. The Morgan fingerprint density at radius 1 is 1.20 bits per heavy atom. The second-order valence-electron chi connectivity index (χ2n) is 6.30. The number of aryl methyl sites for hydroxylation is 1. The fourth-order valence-corrected chi connectivity index (χ4v) is 3.16. The second kappa shape index (κ2) is 6.09. The molecule has 1 aliphatic heterocycles. The highest BCUT2D eigenvalue weighted by atomic mass is 16.5. The molecule has 3 aromatic rings. The lowest BCUT2D eigenvalue weighted by Crippen LogP contribution is -2.33. The molecule has 0 radical (unpaired) electrons. The molecule has 0 bridgehead atoms. The Balaban J connectivity index is 1.57. The molecular weight excluding hydrogens is 314 g/mol. The highest BCUT2D eigenvalue weighted by Gasteiger charge is 2.36. The van der Waals surface area contributed by atoms with Crippen LogP contribution < -0.4 is 10.1 Å². The van der Waals surface area contributed by atoms with Gasteiger partial charge in [-0.25, -0.2) is 4.68 Å². The number of nitrogens with zero attached hydrogens (tertiary/aromatic N) is 2. The Morgan fingerprint density at radius 2 is 2.04 bits per heavy atom. The first kappa shape index (κ1) is 15.4. The van der Waals surface area contributed by atoms with E-state index in [0.29, 0.717) is 0 Å². The molecule has 126 valence electrons. The zero-order chi connectivity index (χ0) is 17.4. The molecule has 25 heavy (non-hydrogen) atoms. The predicted octanol–water partition coefficient (Wildman–Crippen LogP) is 3.68. The molecule has 5 nitrogen and oxygen atoms in total. The van der Waals surface area contributed by atoms with Crippen LogP contribution in [0.4, 0.5) is 5.69 Å². The molecular formula is C20H19N3O2. The van der Waals surface area contributed by atoms with Crippen molar-refractivity contribution in [3.8, 4) is 11.4 Å². The van der Waals surface area contributed by atoms with E-state index in [2.05, 4.69) is 10.4 Å². The van der Waals surface area contributed by atoms with Gasteiger partial charge in [-0.2, -0.15) is 5.10 Å². The second-order valence-corrected chi connectivity index (χ2v) is 6.30. The van der Waals surface area contributed by atoms with Gasteiger partial charge in [0.05, 0.1) is 5.69 Å². The molecule has 0 fully saturated rings. The van der Waals surface area contributed by atoms with Crippen molar-refractivity contribution in [2.75, 3.05) is 5.32 Å². The zero-order valence-electron chi connectivity index (χ0n) is 14.1. The molecule has 4 rings (SSSR count). The highest BCUT2D eigenvalue weighted by Crippen LogP contribution is 2.38. The molecule has 1 amide bonds. The van der Waals surface area contributed by atoms with E-state index >= 15 is 0 Å². The lowest BCUT2D eigenvalue weighted by atomic mass is 9.97. The van der Waals surface area contributed by atoms with Crippen LogP contribution in [0.3, 0.4) is 0 Å². The third kappa shape index (κ3) is 2.78. The fourth-order valence-electron chi connectivity index (χ4n) is 3.16. The lowest BCUT2D eigenvalue weighted by Gasteiger charge is -2.17. The van der Waals surface area contributed by atoms with Crippen molar-refractivity contribution in [1.29, 1.82) is 0 Å². The van der Waals surface area contributed by atoms with Gasteiger partial charge in [-0.3, -0.25) is 4.79 Å². The summed E-state index contributed by atoms with van der Waals surface area (Å²) in [6, 6.07) is 15.5. The van der Waals surface area contributed by atoms with Crippen molar-refractivity contribution in [3.63, 3.8) is 0 Å². The van der Waals surface area contributed by atoms with Gasteiger partial charge in [-0.1, -0.05) is 31.2 Å². The van der Waals surface area contributed by atoms with E-state index in [4.69, 9.17) is 4.74 Å². The van der Waals surface area contributed by atoms with Crippen molar-refractivity contribution >= 4 is 11.6 Å². The third-order valence-corrected chi connectivity index (χ3v) is 4.62. The zero-order valence-corrected chi connectivity index (χ0v) is 14.1. The molecule has 1 aromatic heterocycles. The minimum absolute atomic E-state index is 0.0193. The standard InChI is InChI=1S/C20H19N3O2/c1-13-8-9-15(23-11-5-10-21-23)12-17(13)22-20(24)19-14(2)16-6-3-4-7-18(16)25-19/h3-12,14,19H,1-2H3,(H,22,24)/t14-,19+/m1/s1. The SMILES string of the molecule is Cc1ccc(-n2cccn2)cc1NC(=O)[C@H]1Oc2ccccc2[C@H]1C. The van der Waals surface area contributed by atoms with E-state index < -0.39 is 6.10 Å². The van der Waals surface area contributed by atoms with Gasteiger partial charge in [-0.05, 0) is 36.8 Å². The normalized spacial score (nSPS) is 18.5. The maximum atomic E-state index is 12.8. The average molecular weight is 333 g/mol. The molecule has 0 saturated carbocycles. The van der Waals surface area contributed by atoms with Crippen LogP contribution in [-0.2, 0) is 4.79 Å². The van der Waals surface area contributed by atoms with Crippen LogP contribution in [0.25, 0.3) is 5.69 Å². The Bertz CT molecular complexity index is 918. The van der Waals surface area contributed by atoms with Crippen LogP contribution in [0.15, 0.2) is 60.9 Å². The van der Waals surface area contributed by atoms with E-state index in [1.165, 1.54) is 0 Å². The molecule has 0 saturated heterocycles. The van der Waals surface area contributed by atoms with Crippen LogP contribution >= 0.6 is 0 Å². The fraction of sp³-hybridized carbons (Fsp3) is 0.200. The van der Waals surface area contributed by atoms with Crippen molar-refractivity contribution in [1.82, 2.24) is 9.78 Å². The number of hydrogen-bond donors (Lipinski definition) is 1. The van der Waals surface area contributed by atoms with Gasteiger partial charge in [0, 0.05) is 29.6 Å². The molecule has 2 heterocycles. The number of carbonyl (C=O) groups is 1. The Labute approximate surface area is 146 Å². The molecule has 1 aliphatic rings. The summed E-state index contributed by atoms with van der Waals surface area (Å²) in [5, 5.41) is 7.25. The van der Waals surface area contributed by atoms with Gasteiger partial charge >= 0.3 is 0 Å². The first-order valence-electron chi connectivity index (χ1n) is 8.30. The van der Waals surface area contributed by atoms with Crippen LogP contribution in [0.5, 0.6) is 5.75 Å². The highest BCUT2D eigenvalue weighted by molar-refractivity contribution is 5.96. The summed E-state index contributed by atoms with van der Waals surface area (Å²) < 4.78 is 7.63. The molecule has 0 spiro atoms. The van der Waals surface area contributed by atoms with E-state index in [0.717, 1.165) is 28.3 Å². The quantitative estimate of drug-likeness (QED) is 0.795. The molecule has 2 atom stereocenters. The van der Waals surface area contributed by atoms with Crippen LogP contribution in [-0.4, -0.2) is 21.8 Å². The summed E-state index contributed by atoms with van der Waals surface area (Å²) in [6.45, 7) is 3.99. The van der Waals surface area contributed by atoms with Gasteiger partial charge in [-0.15, -0.1) is 0 Å². The average Bonchev–Trinajstić information content (AvgIpc) is 3.26. The molecule has 0 aliphatic carbocycles. The Hall–Kier alpha value is -3.08. The largest absolute Gasteiger partial charge is 0.480 e. The predicted molar refractivity (Wildman–Crippen MR) is 96.2 cm³/mol. The lowest BCUT2D eigenvalue weighted by molar-refractivity contribution is -0.122. The molecule has 2 aromatic carbocycles. The van der Waals surface area contributed by atoms with Gasteiger partial charge in [0.15, 0.2) is 6.10 Å². The summed E-state index contributed by atoms with van der Waals surface area (Å²) in [6.07, 6.45) is 3.07. The number of hydrogen-bond acceptors (Lipinski definition) is 3. The number of nitrogens with one attached hydrogen (secondary N) is 1. The smallest absolute Gasteiger partial charge is 0.266 e. The summed E-state index contributed by atoms with van der Waals surface area (Å²) in [5.41, 5.74) is 3.73. The van der Waals surface area contributed by atoms with Gasteiger partial charge in [0.25, 0.3) is 5.91 Å². The Kier molecular flexibility index (Phi) is 3.76. The van der Waals surface area contributed by atoms with E-state index in [1.807, 2.05) is 68.6 Å². The monoisotopic (exact) mass is 333 g/mol. The number of rotatable bonds is 3. The van der Waals surface area contributed by atoms with Crippen LogP contribution in [0, 0.1) is 6.92 Å². The number of benzene rings is 2. The van der Waals surface area contributed by atoms with E-state index in [9.17, 15) is 4.79 Å². The van der Waals surface area contributed by atoms with Crippen molar-refractivity contribution in [2.45, 2.75) is 25.9 Å². The number of aromatic nitrogens is 2. The van der Waals surface area contributed by atoms with Crippen molar-refractivity contribution < 1.29 is 9.53 Å². The Morgan fingerprint density at radius 3 is 2.80 bits per heavy atom. The number of ether oxygens (including phenoxy) is 1. The van der Waals surface area contributed by atoms with Crippen LogP contribution in [0.1, 0.15) is 24.0 Å². The van der Waals surface area contributed by atoms with Gasteiger partial charge in [0.2, 0.25) is 0 Å². The van der Waals surface area contributed by atoms with Gasteiger partial charge < -0.3 is 10.1 Å². The number of fused-ring (bicyclic) bond motifs is 1. The number of carbonyl (C=O) groups excluding carboxylic acids is 1. The van der Waals surface area contributed by atoms with Crippen molar-refractivity contribution in [2.24, 2.45) is 0 Å². The summed E-state index contributed by atoms with van der Waals surface area (Å²) >= 11 is 0. The molecule has 5 heteroatoms. The van der Waals surface area contributed by atoms with Crippen LogP contribution in [0.2, 0.25) is 0 Å². The summed E-state index contributed by atoms with van der Waals surface area (Å²) in [4.78, 5) is 12.8. The minimum Gasteiger partial charge on any atom is -0.480 e. The minimum atomic E-state index is -0.523. The first-order chi connectivity index (χ1) is 12.1. The summed E-state index contributed by atoms with van der Waals surface area (Å²) in [5.74, 6) is 0.674. The molecule has 1 N–H and O–H groups in total. The van der Waals surface area contributed by atoms with E-state index in [-0.39, 0.29) is 11.8 Å². The maximum absolute atomic E-state index is 12.8. The number of para-hydroxylation sites is 1. The van der Waals surface area contributed by atoms with E-state index in [1.54, 1.807) is 10.9 Å². The first-order valence-corrected chi connectivity index (χ1v) is 8.30. The summed E-state index contributed by atoms with van der Waals surface area (Å²) in [7, 11) is 0. The number of amides is 1.